The van der Waals surface area contributed by atoms with Crippen molar-refractivity contribution in [1.82, 2.24) is 0 Å². The van der Waals surface area contributed by atoms with E-state index >= 15 is 0 Å². The molecule has 0 amide bonds. The lowest BCUT2D eigenvalue weighted by Gasteiger charge is -1.96. The van der Waals surface area contributed by atoms with E-state index < -0.39 is 5.97 Å². The molecule has 0 saturated carbocycles. The van der Waals surface area contributed by atoms with Gasteiger partial charge in [0.25, 0.3) is 0 Å². The highest BCUT2D eigenvalue weighted by Gasteiger charge is 2.04. The average Bonchev–Trinajstić information content (AvgIpc) is 2.15. The molecule has 2 heteroatoms. The molecule has 1 aromatic carbocycles. The minimum Gasteiger partial charge on any atom is -0.369 e. The van der Waals surface area contributed by atoms with E-state index in [0.717, 1.165) is 5.56 Å². The van der Waals surface area contributed by atoms with Gasteiger partial charge in [0.2, 0.25) is 0 Å². The highest BCUT2D eigenvalue weighted by molar-refractivity contribution is 5.90. The maximum atomic E-state index is 11.2. The van der Waals surface area contributed by atoms with Crippen LogP contribution in [0.25, 0.3) is 0 Å². The van der Waals surface area contributed by atoms with Gasteiger partial charge in [0.05, 0.1) is 5.56 Å². The SMILES string of the molecule is CC#COC(=O)c1ccc(C)cc1. The van der Waals surface area contributed by atoms with Crippen molar-refractivity contribution in [2.75, 3.05) is 0 Å². The summed E-state index contributed by atoms with van der Waals surface area (Å²) in [7, 11) is 0. The van der Waals surface area contributed by atoms with Gasteiger partial charge in [-0.05, 0) is 19.1 Å². The van der Waals surface area contributed by atoms with Gasteiger partial charge >= 0.3 is 5.97 Å². The van der Waals surface area contributed by atoms with Crippen molar-refractivity contribution in [1.29, 1.82) is 0 Å². The Morgan fingerprint density at radius 3 is 2.46 bits per heavy atom. The Balaban J connectivity index is 2.76. The van der Waals surface area contributed by atoms with Gasteiger partial charge in [0.15, 0.2) is 0 Å². The zero-order chi connectivity index (χ0) is 9.68. The summed E-state index contributed by atoms with van der Waals surface area (Å²) in [6.07, 6.45) is 2.26. The van der Waals surface area contributed by atoms with E-state index in [1.807, 2.05) is 19.1 Å². The Labute approximate surface area is 77.5 Å². The quantitative estimate of drug-likeness (QED) is 0.481. The topological polar surface area (TPSA) is 26.3 Å². The van der Waals surface area contributed by atoms with Crippen LogP contribution in [-0.2, 0) is 4.74 Å². The first-order chi connectivity index (χ1) is 6.24. The standard InChI is InChI=1S/C11H10O2/c1-3-8-13-11(12)10-6-4-9(2)5-7-10/h4-7H,1-2H3. The van der Waals surface area contributed by atoms with Crippen LogP contribution in [0.5, 0.6) is 0 Å². The summed E-state index contributed by atoms with van der Waals surface area (Å²) >= 11 is 0. The van der Waals surface area contributed by atoms with Gasteiger partial charge in [-0.3, -0.25) is 0 Å². The molecule has 13 heavy (non-hydrogen) atoms. The molecule has 1 aromatic rings. The second kappa shape index (κ2) is 4.32. The van der Waals surface area contributed by atoms with Crippen LogP contribution in [0.15, 0.2) is 24.3 Å². The predicted molar refractivity (Wildman–Crippen MR) is 50.0 cm³/mol. The first-order valence-corrected chi connectivity index (χ1v) is 3.93. The average molecular weight is 174 g/mol. The maximum Gasteiger partial charge on any atom is 0.352 e. The lowest BCUT2D eigenvalue weighted by Crippen LogP contribution is -2.00. The third kappa shape index (κ3) is 2.64. The van der Waals surface area contributed by atoms with E-state index in [-0.39, 0.29) is 0 Å². The molecule has 0 unspecified atom stereocenters. The van der Waals surface area contributed by atoms with Crippen molar-refractivity contribution in [3.05, 3.63) is 35.4 Å². The molecule has 1 rings (SSSR count). The number of esters is 1. The van der Waals surface area contributed by atoms with E-state index in [1.165, 1.54) is 0 Å². The molecule has 0 saturated heterocycles. The third-order valence-corrected chi connectivity index (χ3v) is 1.53. The number of ether oxygens (including phenoxy) is 1. The number of aryl methyl sites for hydroxylation is 1. The summed E-state index contributed by atoms with van der Waals surface area (Å²) in [6.45, 7) is 3.57. The molecule has 0 bridgehead atoms. The molecular weight excluding hydrogens is 164 g/mol. The van der Waals surface area contributed by atoms with Crippen molar-refractivity contribution >= 4 is 5.97 Å². The van der Waals surface area contributed by atoms with E-state index in [9.17, 15) is 4.79 Å². The summed E-state index contributed by atoms with van der Waals surface area (Å²) in [4.78, 5) is 11.2. The number of hydrogen-bond acceptors (Lipinski definition) is 2. The monoisotopic (exact) mass is 174 g/mol. The highest BCUT2D eigenvalue weighted by Crippen LogP contribution is 2.04. The van der Waals surface area contributed by atoms with Crippen LogP contribution >= 0.6 is 0 Å². The van der Waals surface area contributed by atoms with Crippen molar-refractivity contribution in [2.24, 2.45) is 0 Å². The summed E-state index contributed by atoms with van der Waals surface area (Å²) in [5.41, 5.74) is 1.63. The van der Waals surface area contributed by atoms with Gasteiger partial charge in [-0.25, -0.2) is 4.79 Å². The van der Waals surface area contributed by atoms with Gasteiger partial charge in [0.1, 0.15) is 6.11 Å². The second-order valence-corrected chi connectivity index (χ2v) is 2.61. The molecule has 0 aliphatic heterocycles. The van der Waals surface area contributed by atoms with Crippen molar-refractivity contribution in [3.63, 3.8) is 0 Å². The minimum absolute atomic E-state index is 0.408. The van der Waals surface area contributed by atoms with Gasteiger partial charge in [-0.2, -0.15) is 0 Å². The van der Waals surface area contributed by atoms with Crippen LogP contribution < -0.4 is 0 Å². The normalized spacial score (nSPS) is 8.46. The number of benzene rings is 1. The van der Waals surface area contributed by atoms with E-state index in [2.05, 4.69) is 16.8 Å². The zero-order valence-electron chi connectivity index (χ0n) is 7.63. The van der Waals surface area contributed by atoms with Crippen LogP contribution in [0.1, 0.15) is 22.8 Å². The molecule has 0 aromatic heterocycles. The number of carbonyl (C=O) groups is 1. The summed E-state index contributed by atoms with van der Waals surface area (Å²) < 4.78 is 4.62. The third-order valence-electron chi connectivity index (χ3n) is 1.53. The highest BCUT2D eigenvalue weighted by atomic mass is 16.5. The van der Waals surface area contributed by atoms with Crippen molar-refractivity contribution in [3.8, 4) is 12.0 Å². The molecule has 0 fully saturated rings. The second-order valence-electron chi connectivity index (χ2n) is 2.61. The Hall–Kier alpha value is -1.75. The predicted octanol–water partition coefficient (Wildman–Crippen LogP) is 2.13. The fourth-order valence-electron chi connectivity index (χ4n) is 0.846. The molecule has 0 aliphatic rings. The van der Waals surface area contributed by atoms with Crippen LogP contribution in [-0.4, -0.2) is 5.97 Å². The van der Waals surface area contributed by atoms with E-state index in [0.29, 0.717) is 5.56 Å². The van der Waals surface area contributed by atoms with Gasteiger partial charge < -0.3 is 4.74 Å². The fraction of sp³-hybridized carbons (Fsp3) is 0.182. The molecule has 0 aliphatic carbocycles. The minimum atomic E-state index is -0.408. The number of rotatable bonds is 1. The molecule has 0 radical (unpaired) electrons. The first-order valence-electron chi connectivity index (χ1n) is 3.93. The maximum absolute atomic E-state index is 11.2. The Morgan fingerprint density at radius 2 is 1.92 bits per heavy atom. The number of hydrogen-bond donors (Lipinski definition) is 0. The van der Waals surface area contributed by atoms with E-state index in [4.69, 9.17) is 0 Å². The largest absolute Gasteiger partial charge is 0.369 e. The van der Waals surface area contributed by atoms with Gasteiger partial charge in [-0.15, -0.1) is 0 Å². The smallest absolute Gasteiger partial charge is 0.352 e. The van der Waals surface area contributed by atoms with Crippen LogP contribution in [0.3, 0.4) is 0 Å². The van der Waals surface area contributed by atoms with Crippen LogP contribution in [0.2, 0.25) is 0 Å². The fourth-order valence-corrected chi connectivity index (χ4v) is 0.846. The lowest BCUT2D eigenvalue weighted by atomic mass is 10.2. The van der Waals surface area contributed by atoms with E-state index in [1.54, 1.807) is 19.1 Å². The summed E-state index contributed by atoms with van der Waals surface area (Å²) in [6, 6.07) is 7.15. The molecule has 2 nitrogen and oxygen atoms in total. The Bertz CT molecular complexity index is 352. The molecular formula is C11H10O2. The van der Waals surface area contributed by atoms with Gasteiger partial charge in [-0.1, -0.05) is 23.6 Å². The molecule has 0 atom stereocenters. The summed E-state index contributed by atoms with van der Waals surface area (Å²) in [5, 5.41) is 0. The Morgan fingerprint density at radius 1 is 1.31 bits per heavy atom. The summed E-state index contributed by atoms with van der Waals surface area (Å²) in [5.74, 6) is 2.08. The zero-order valence-corrected chi connectivity index (χ0v) is 7.63. The van der Waals surface area contributed by atoms with Crippen LogP contribution in [0.4, 0.5) is 0 Å². The van der Waals surface area contributed by atoms with Gasteiger partial charge in [0, 0.05) is 6.92 Å². The molecule has 66 valence electrons. The Kier molecular flexibility index (Phi) is 3.10. The van der Waals surface area contributed by atoms with Crippen molar-refractivity contribution in [2.45, 2.75) is 13.8 Å². The lowest BCUT2D eigenvalue weighted by molar-refractivity contribution is 0.0690. The molecule has 0 N–H and O–H groups in total. The number of carbonyl (C=O) groups excluding carboxylic acids is 1. The van der Waals surface area contributed by atoms with Crippen molar-refractivity contribution < 1.29 is 9.53 Å². The van der Waals surface area contributed by atoms with Crippen LogP contribution in [0, 0.1) is 19.0 Å². The molecule has 0 heterocycles. The first kappa shape index (κ1) is 9.34. The molecule has 0 spiro atoms.